The number of nitrogens with one attached hydrogen (secondary N) is 1. The third-order valence-electron chi connectivity index (χ3n) is 8.02. The van der Waals surface area contributed by atoms with Crippen LogP contribution in [0, 0.1) is 5.92 Å². The standard InChI is InChI=1S/C32H37N5O2/c1-36(20-24-13-14-29-26(17-24)9-5-15-33-29)19-23-7-4-10-27(18-23)39-22-25-8-6-16-37(21-25)32(38)31-28-11-2-3-12-30(28)34-35-31/h4-5,7,9-10,13-15,17-18,25H,2-3,6,8,11-12,16,19-22H2,1H3,(H,34,35). The highest BCUT2D eigenvalue weighted by Gasteiger charge is 2.29. The van der Waals surface area contributed by atoms with Crippen LogP contribution in [0.5, 0.6) is 5.75 Å². The maximum absolute atomic E-state index is 13.3. The molecule has 1 amide bonds. The van der Waals surface area contributed by atoms with Gasteiger partial charge in [-0.15, -0.1) is 0 Å². The van der Waals surface area contributed by atoms with E-state index in [4.69, 9.17) is 4.74 Å². The number of piperidine rings is 1. The van der Waals surface area contributed by atoms with Crippen LogP contribution in [-0.2, 0) is 25.9 Å². The minimum absolute atomic E-state index is 0.0758. The molecular weight excluding hydrogens is 486 g/mol. The summed E-state index contributed by atoms with van der Waals surface area (Å²) in [6.07, 6.45) is 8.18. The monoisotopic (exact) mass is 523 g/mol. The summed E-state index contributed by atoms with van der Waals surface area (Å²) in [6, 6.07) is 19.0. The number of aromatic amines is 1. The van der Waals surface area contributed by atoms with E-state index in [0.717, 1.165) is 80.8 Å². The van der Waals surface area contributed by atoms with Gasteiger partial charge in [0, 0.05) is 54.9 Å². The molecule has 0 bridgehead atoms. The number of amides is 1. The molecule has 7 nitrogen and oxygen atoms in total. The fourth-order valence-electron chi connectivity index (χ4n) is 6.04. The van der Waals surface area contributed by atoms with Crippen molar-refractivity contribution >= 4 is 16.8 Å². The molecular formula is C32H37N5O2. The molecule has 1 aliphatic heterocycles. The van der Waals surface area contributed by atoms with Crippen molar-refractivity contribution < 1.29 is 9.53 Å². The first kappa shape index (κ1) is 25.6. The molecule has 7 heteroatoms. The highest BCUT2D eigenvalue weighted by molar-refractivity contribution is 5.94. The lowest BCUT2D eigenvalue weighted by molar-refractivity contribution is 0.0626. The fraction of sp³-hybridized carbons (Fsp3) is 0.406. The number of nitrogens with zero attached hydrogens (tertiary/aromatic N) is 4. The van der Waals surface area contributed by atoms with Gasteiger partial charge in [-0.2, -0.15) is 5.10 Å². The molecule has 2 aliphatic rings. The van der Waals surface area contributed by atoms with Gasteiger partial charge in [-0.3, -0.25) is 19.8 Å². The zero-order valence-electron chi connectivity index (χ0n) is 22.7. The maximum atomic E-state index is 13.3. The first-order chi connectivity index (χ1) is 19.1. The number of H-pyrrole nitrogens is 1. The molecule has 1 unspecified atom stereocenters. The summed E-state index contributed by atoms with van der Waals surface area (Å²) in [4.78, 5) is 22.0. The third kappa shape index (κ3) is 5.98. The summed E-state index contributed by atoms with van der Waals surface area (Å²) < 4.78 is 6.26. The SMILES string of the molecule is CN(Cc1cccc(OCC2CCCN(C(=O)c3n[nH]c4c3CCCC4)C2)c1)Cc1ccc2ncccc2c1. The Morgan fingerprint density at radius 1 is 1.05 bits per heavy atom. The molecule has 1 atom stereocenters. The Morgan fingerprint density at radius 2 is 1.92 bits per heavy atom. The van der Waals surface area contributed by atoms with Gasteiger partial charge in [0.2, 0.25) is 0 Å². The highest BCUT2D eigenvalue weighted by atomic mass is 16.5. The number of carbonyl (C=O) groups is 1. The minimum atomic E-state index is 0.0758. The predicted octanol–water partition coefficient (Wildman–Crippen LogP) is 5.40. The van der Waals surface area contributed by atoms with Crippen molar-refractivity contribution in [2.45, 2.75) is 51.6 Å². The van der Waals surface area contributed by atoms with Crippen LogP contribution in [0.25, 0.3) is 10.9 Å². The van der Waals surface area contributed by atoms with Gasteiger partial charge in [-0.1, -0.05) is 24.3 Å². The van der Waals surface area contributed by atoms with E-state index in [1.54, 1.807) is 0 Å². The van der Waals surface area contributed by atoms with Gasteiger partial charge in [0.1, 0.15) is 5.75 Å². The summed E-state index contributed by atoms with van der Waals surface area (Å²) in [5.41, 5.74) is 6.46. The second kappa shape index (κ2) is 11.6. The van der Waals surface area contributed by atoms with Crippen LogP contribution in [-0.4, -0.2) is 57.6 Å². The molecule has 0 spiro atoms. The minimum Gasteiger partial charge on any atom is -0.493 e. The van der Waals surface area contributed by atoms with Crippen molar-refractivity contribution in [3.63, 3.8) is 0 Å². The Balaban J connectivity index is 1.02. The first-order valence-electron chi connectivity index (χ1n) is 14.2. The van der Waals surface area contributed by atoms with E-state index < -0.39 is 0 Å². The molecule has 4 aromatic rings. The second-order valence-electron chi connectivity index (χ2n) is 11.2. The average molecular weight is 524 g/mol. The van der Waals surface area contributed by atoms with Gasteiger partial charge in [0.05, 0.1) is 12.1 Å². The van der Waals surface area contributed by atoms with E-state index in [9.17, 15) is 4.79 Å². The zero-order chi connectivity index (χ0) is 26.6. The van der Waals surface area contributed by atoms with Crippen LogP contribution in [0.1, 0.15) is 58.6 Å². The topological polar surface area (TPSA) is 74.3 Å². The van der Waals surface area contributed by atoms with Gasteiger partial charge in [-0.25, -0.2) is 0 Å². The number of fused-ring (bicyclic) bond motifs is 2. The lowest BCUT2D eigenvalue weighted by Crippen LogP contribution is -2.42. The lowest BCUT2D eigenvalue weighted by Gasteiger charge is -2.32. The number of ether oxygens (including phenoxy) is 1. The van der Waals surface area contributed by atoms with Crippen LogP contribution in [0.4, 0.5) is 0 Å². The summed E-state index contributed by atoms with van der Waals surface area (Å²) in [6.45, 7) is 3.84. The van der Waals surface area contributed by atoms with Gasteiger partial charge < -0.3 is 9.64 Å². The second-order valence-corrected chi connectivity index (χ2v) is 11.2. The van der Waals surface area contributed by atoms with E-state index in [1.165, 1.54) is 22.9 Å². The van der Waals surface area contributed by atoms with Gasteiger partial charge in [0.25, 0.3) is 5.91 Å². The van der Waals surface area contributed by atoms with E-state index in [1.807, 2.05) is 23.2 Å². The van der Waals surface area contributed by atoms with Crippen LogP contribution in [0.2, 0.25) is 0 Å². The summed E-state index contributed by atoms with van der Waals surface area (Å²) >= 11 is 0. The van der Waals surface area contributed by atoms with E-state index in [-0.39, 0.29) is 5.91 Å². The molecule has 202 valence electrons. The Labute approximate surface area is 230 Å². The Kier molecular flexibility index (Phi) is 7.59. The number of pyridine rings is 1. The smallest absolute Gasteiger partial charge is 0.274 e. The molecule has 1 fully saturated rings. The molecule has 0 saturated carbocycles. The highest BCUT2D eigenvalue weighted by Crippen LogP contribution is 2.26. The largest absolute Gasteiger partial charge is 0.493 e. The van der Waals surface area contributed by atoms with E-state index in [2.05, 4.69) is 69.6 Å². The molecule has 2 aromatic carbocycles. The maximum Gasteiger partial charge on any atom is 0.274 e. The number of rotatable bonds is 8. The average Bonchev–Trinajstić information content (AvgIpc) is 3.40. The molecule has 2 aromatic heterocycles. The van der Waals surface area contributed by atoms with Crippen LogP contribution in [0.3, 0.4) is 0 Å². The van der Waals surface area contributed by atoms with Crippen molar-refractivity contribution in [3.05, 3.63) is 88.9 Å². The Hall–Kier alpha value is -3.71. The molecule has 0 radical (unpaired) electrons. The van der Waals surface area contributed by atoms with Crippen molar-refractivity contribution in [3.8, 4) is 5.75 Å². The van der Waals surface area contributed by atoms with Crippen LogP contribution < -0.4 is 4.74 Å². The van der Waals surface area contributed by atoms with Gasteiger partial charge in [0.15, 0.2) is 5.69 Å². The Bertz CT molecular complexity index is 1450. The quantitative estimate of drug-likeness (QED) is 0.335. The molecule has 6 rings (SSSR count). The number of hydrogen-bond donors (Lipinski definition) is 1. The number of hydrogen-bond acceptors (Lipinski definition) is 5. The number of benzene rings is 2. The van der Waals surface area contributed by atoms with Crippen LogP contribution in [0.15, 0.2) is 60.8 Å². The molecule has 1 N–H and O–H groups in total. The summed E-state index contributed by atoms with van der Waals surface area (Å²) in [7, 11) is 2.14. The van der Waals surface area contributed by atoms with Crippen molar-refractivity contribution in [2.24, 2.45) is 5.92 Å². The first-order valence-corrected chi connectivity index (χ1v) is 14.2. The third-order valence-corrected chi connectivity index (χ3v) is 8.02. The number of aryl methyl sites for hydroxylation is 1. The van der Waals surface area contributed by atoms with Crippen molar-refractivity contribution in [2.75, 3.05) is 26.7 Å². The van der Waals surface area contributed by atoms with E-state index >= 15 is 0 Å². The zero-order valence-corrected chi connectivity index (χ0v) is 22.7. The predicted molar refractivity (Wildman–Crippen MR) is 153 cm³/mol. The molecule has 39 heavy (non-hydrogen) atoms. The summed E-state index contributed by atoms with van der Waals surface area (Å²) in [5, 5.41) is 8.70. The molecule has 3 heterocycles. The molecule has 1 saturated heterocycles. The lowest BCUT2D eigenvalue weighted by atomic mass is 9.94. The number of likely N-dealkylation sites (tertiary alicyclic amines) is 1. The van der Waals surface area contributed by atoms with Crippen molar-refractivity contribution in [1.29, 1.82) is 0 Å². The Morgan fingerprint density at radius 3 is 2.85 bits per heavy atom. The van der Waals surface area contributed by atoms with Crippen LogP contribution >= 0.6 is 0 Å². The number of carbonyl (C=O) groups excluding carboxylic acids is 1. The van der Waals surface area contributed by atoms with Crippen molar-refractivity contribution in [1.82, 2.24) is 25.0 Å². The summed E-state index contributed by atoms with van der Waals surface area (Å²) in [5.74, 6) is 1.29. The van der Waals surface area contributed by atoms with Gasteiger partial charge >= 0.3 is 0 Å². The number of aromatic nitrogens is 3. The molecule has 1 aliphatic carbocycles. The normalized spacial score (nSPS) is 17.4. The van der Waals surface area contributed by atoms with Gasteiger partial charge in [-0.05, 0) is 87.0 Å². The fourth-order valence-corrected chi connectivity index (χ4v) is 6.04. The van der Waals surface area contributed by atoms with E-state index in [0.29, 0.717) is 18.2 Å².